The molecule has 1 saturated heterocycles. The molecule has 0 bridgehead atoms. The summed E-state index contributed by atoms with van der Waals surface area (Å²) in [6.45, 7) is 4.11. The monoisotopic (exact) mass is 337 g/mol. The molecule has 23 heavy (non-hydrogen) atoms. The van der Waals surface area contributed by atoms with Gasteiger partial charge in [-0.05, 0) is 43.2 Å². The van der Waals surface area contributed by atoms with Crippen LogP contribution in [0.4, 0.5) is 9.59 Å². The Morgan fingerprint density at radius 1 is 1.30 bits per heavy atom. The van der Waals surface area contributed by atoms with E-state index in [0.29, 0.717) is 13.1 Å². The van der Waals surface area contributed by atoms with Gasteiger partial charge in [0, 0.05) is 30.6 Å². The number of piperidine rings is 1. The molecular weight excluding hydrogens is 314 g/mol. The Morgan fingerprint density at radius 3 is 2.74 bits per heavy atom. The molecule has 1 aromatic rings. The minimum absolute atomic E-state index is 0.00543. The van der Waals surface area contributed by atoms with Gasteiger partial charge in [-0.2, -0.15) is 0 Å². The van der Waals surface area contributed by atoms with Gasteiger partial charge in [-0.1, -0.05) is 0 Å². The number of ether oxygens (including phenoxy) is 1. The molecule has 1 fully saturated rings. The second-order valence-electron chi connectivity index (χ2n) is 6.10. The van der Waals surface area contributed by atoms with Gasteiger partial charge in [0.05, 0.1) is 13.2 Å². The van der Waals surface area contributed by atoms with Crippen LogP contribution in [0.15, 0.2) is 11.4 Å². The van der Waals surface area contributed by atoms with Crippen LogP contribution in [-0.2, 0) is 11.2 Å². The molecular formula is C16H23N3O3S. The summed E-state index contributed by atoms with van der Waals surface area (Å²) in [5, 5.41) is 5.23. The summed E-state index contributed by atoms with van der Waals surface area (Å²) in [5.41, 5.74) is 1.27. The summed E-state index contributed by atoms with van der Waals surface area (Å²) in [5.74, 6) is 0. The third-order valence-corrected chi connectivity index (χ3v) is 5.79. The molecule has 2 aliphatic heterocycles. The number of nitrogens with one attached hydrogen (secondary N) is 1. The fraction of sp³-hybridized carbons (Fsp3) is 0.625. The Hall–Kier alpha value is -1.76. The summed E-state index contributed by atoms with van der Waals surface area (Å²) in [4.78, 5) is 29.1. The van der Waals surface area contributed by atoms with Gasteiger partial charge in [-0.15, -0.1) is 11.3 Å². The largest absolute Gasteiger partial charge is 0.453 e. The Balaban J connectivity index is 1.54. The van der Waals surface area contributed by atoms with Crippen molar-refractivity contribution in [2.75, 3.05) is 26.7 Å². The lowest BCUT2D eigenvalue weighted by Gasteiger charge is -2.36. The number of rotatable bonds is 1. The van der Waals surface area contributed by atoms with Crippen LogP contribution in [0.2, 0.25) is 0 Å². The number of urea groups is 1. The first-order chi connectivity index (χ1) is 11.1. The van der Waals surface area contributed by atoms with Crippen LogP contribution < -0.4 is 5.32 Å². The van der Waals surface area contributed by atoms with Gasteiger partial charge < -0.3 is 19.9 Å². The molecule has 7 heteroatoms. The van der Waals surface area contributed by atoms with E-state index in [1.807, 2.05) is 4.90 Å². The lowest BCUT2D eigenvalue weighted by molar-refractivity contribution is 0.109. The van der Waals surface area contributed by atoms with Crippen LogP contribution in [0.3, 0.4) is 0 Å². The molecule has 0 aliphatic carbocycles. The van der Waals surface area contributed by atoms with Crippen molar-refractivity contribution in [1.82, 2.24) is 15.1 Å². The van der Waals surface area contributed by atoms with E-state index in [1.54, 1.807) is 16.2 Å². The summed E-state index contributed by atoms with van der Waals surface area (Å²) in [6.07, 6.45) is 2.19. The number of fused-ring (bicyclic) bond motifs is 1. The molecule has 2 aliphatic rings. The van der Waals surface area contributed by atoms with Crippen molar-refractivity contribution >= 4 is 23.5 Å². The van der Waals surface area contributed by atoms with Crippen LogP contribution in [0, 0.1) is 0 Å². The highest BCUT2D eigenvalue weighted by Gasteiger charge is 2.30. The van der Waals surface area contributed by atoms with Crippen LogP contribution in [0.5, 0.6) is 0 Å². The number of carbonyl (C=O) groups is 2. The number of amides is 3. The summed E-state index contributed by atoms with van der Waals surface area (Å²) in [7, 11) is 1.40. The number of likely N-dealkylation sites (tertiary alicyclic amines) is 1. The van der Waals surface area contributed by atoms with E-state index in [2.05, 4.69) is 23.7 Å². The van der Waals surface area contributed by atoms with E-state index in [0.717, 1.165) is 25.8 Å². The van der Waals surface area contributed by atoms with Gasteiger partial charge in [-0.25, -0.2) is 9.59 Å². The summed E-state index contributed by atoms with van der Waals surface area (Å²) < 4.78 is 4.73. The van der Waals surface area contributed by atoms with Gasteiger partial charge in [0.25, 0.3) is 0 Å². The number of hydrogen-bond acceptors (Lipinski definition) is 4. The molecule has 0 saturated carbocycles. The number of thiophene rings is 1. The van der Waals surface area contributed by atoms with E-state index >= 15 is 0 Å². The molecule has 0 spiro atoms. The number of carbonyl (C=O) groups excluding carboxylic acids is 2. The second-order valence-corrected chi connectivity index (χ2v) is 7.10. The van der Waals surface area contributed by atoms with Crippen molar-refractivity contribution in [3.63, 3.8) is 0 Å². The third-order valence-electron chi connectivity index (χ3n) is 4.79. The van der Waals surface area contributed by atoms with Crippen LogP contribution >= 0.6 is 11.3 Å². The minimum atomic E-state index is -0.288. The Morgan fingerprint density at radius 2 is 2.04 bits per heavy atom. The lowest BCUT2D eigenvalue weighted by Crippen LogP contribution is -2.51. The summed E-state index contributed by atoms with van der Waals surface area (Å²) in [6, 6.07) is 2.38. The van der Waals surface area contributed by atoms with Crippen molar-refractivity contribution in [3.8, 4) is 0 Å². The van der Waals surface area contributed by atoms with Crippen molar-refractivity contribution in [1.29, 1.82) is 0 Å². The van der Waals surface area contributed by atoms with Crippen molar-refractivity contribution in [2.45, 2.75) is 38.3 Å². The first-order valence-corrected chi connectivity index (χ1v) is 8.94. The SMILES string of the molecule is COC(=O)N1CCC(NC(=O)N2CCc3sccc3[C@@H]2C)CC1. The third kappa shape index (κ3) is 3.29. The maximum Gasteiger partial charge on any atom is 0.409 e. The lowest BCUT2D eigenvalue weighted by atomic mass is 10.0. The Kier molecular flexibility index (Phi) is 4.75. The topological polar surface area (TPSA) is 61.9 Å². The fourth-order valence-electron chi connectivity index (χ4n) is 3.38. The second kappa shape index (κ2) is 6.78. The standard InChI is InChI=1S/C16H23N3O3S/c1-11-13-6-10-23-14(13)5-9-19(11)15(20)17-12-3-7-18(8-4-12)16(21)22-2/h6,10-12H,3-5,7-9H2,1-2H3,(H,17,20)/t11-/m0/s1. The van der Waals surface area contributed by atoms with E-state index < -0.39 is 0 Å². The van der Waals surface area contributed by atoms with E-state index in [4.69, 9.17) is 4.74 Å². The molecule has 126 valence electrons. The highest BCUT2D eigenvalue weighted by molar-refractivity contribution is 7.10. The maximum atomic E-state index is 12.6. The van der Waals surface area contributed by atoms with Crippen LogP contribution in [0.1, 0.15) is 36.2 Å². The molecule has 1 atom stereocenters. The smallest absolute Gasteiger partial charge is 0.409 e. The zero-order valence-electron chi connectivity index (χ0n) is 13.6. The van der Waals surface area contributed by atoms with Crippen LogP contribution in [-0.4, -0.2) is 54.7 Å². The number of hydrogen-bond donors (Lipinski definition) is 1. The molecule has 3 amide bonds. The average molecular weight is 337 g/mol. The molecule has 1 aromatic heterocycles. The first kappa shape index (κ1) is 16.1. The molecule has 3 heterocycles. The van der Waals surface area contributed by atoms with E-state index in [1.165, 1.54) is 17.6 Å². The molecule has 0 radical (unpaired) electrons. The average Bonchev–Trinajstić information content (AvgIpc) is 3.04. The molecule has 0 unspecified atom stereocenters. The van der Waals surface area contributed by atoms with Gasteiger partial charge in [0.15, 0.2) is 0 Å². The van der Waals surface area contributed by atoms with Gasteiger partial charge >= 0.3 is 12.1 Å². The van der Waals surface area contributed by atoms with Gasteiger partial charge in [0.1, 0.15) is 0 Å². The fourth-order valence-corrected chi connectivity index (χ4v) is 4.34. The normalized spacial score (nSPS) is 21.7. The summed E-state index contributed by atoms with van der Waals surface area (Å²) >= 11 is 1.78. The quantitative estimate of drug-likeness (QED) is 0.857. The molecule has 6 nitrogen and oxygen atoms in total. The molecule has 1 N–H and O–H groups in total. The molecule has 3 rings (SSSR count). The Labute approximate surface area is 140 Å². The highest BCUT2D eigenvalue weighted by atomic mass is 32.1. The van der Waals surface area contributed by atoms with Gasteiger partial charge in [-0.3, -0.25) is 0 Å². The van der Waals surface area contributed by atoms with Gasteiger partial charge in [0.2, 0.25) is 0 Å². The number of nitrogens with zero attached hydrogens (tertiary/aromatic N) is 2. The van der Waals surface area contributed by atoms with E-state index in [-0.39, 0.29) is 24.2 Å². The van der Waals surface area contributed by atoms with Crippen LogP contribution in [0.25, 0.3) is 0 Å². The maximum absolute atomic E-state index is 12.6. The van der Waals surface area contributed by atoms with Crippen molar-refractivity contribution < 1.29 is 14.3 Å². The number of methoxy groups -OCH3 is 1. The molecule has 0 aromatic carbocycles. The Bertz CT molecular complexity index is 581. The zero-order chi connectivity index (χ0) is 16.4. The van der Waals surface area contributed by atoms with Crippen molar-refractivity contribution in [2.24, 2.45) is 0 Å². The van der Waals surface area contributed by atoms with E-state index in [9.17, 15) is 9.59 Å². The highest BCUT2D eigenvalue weighted by Crippen LogP contribution is 2.32. The van der Waals surface area contributed by atoms with Crippen molar-refractivity contribution in [3.05, 3.63) is 21.9 Å². The first-order valence-electron chi connectivity index (χ1n) is 8.06. The predicted octanol–water partition coefficient (Wildman–Crippen LogP) is 2.61. The minimum Gasteiger partial charge on any atom is -0.453 e. The zero-order valence-corrected chi connectivity index (χ0v) is 14.4. The predicted molar refractivity (Wildman–Crippen MR) is 88.7 cm³/mol.